The number of hydrogen-bond acceptors (Lipinski definition) is 2. The fraction of sp³-hybridized carbons (Fsp3) is 0.929. The lowest BCUT2D eigenvalue weighted by Crippen LogP contribution is -2.45. The van der Waals surface area contributed by atoms with E-state index >= 15 is 0 Å². The van der Waals surface area contributed by atoms with Crippen molar-refractivity contribution in [3.8, 4) is 0 Å². The minimum atomic E-state index is 0. The quantitative estimate of drug-likeness (QED) is 0.855. The first-order valence-electron chi connectivity index (χ1n) is 7.31. The summed E-state index contributed by atoms with van der Waals surface area (Å²) in [5.74, 6) is 1.10. The second kappa shape index (κ2) is 7.34. The number of hydrogen-bond donors (Lipinski definition) is 1. The maximum atomic E-state index is 12.4. The molecule has 1 heterocycles. The fourth-order valence-corrected chi connectivity index (χ4v) is 3.42. The average molecular weight is 275 g/mol. The Labute approximate surface area is 117 Å². The Morgan fingerprint density at radius 1 is 1.28 bits per heavy atom. The van der Waals surface area contributed by atoms with E-state index < -0.39 is 0 Å². The average Bonchev–Trinajstić information content (AvgIpc) is 2.78. The molecule has 0 aromatic heterocycles. The Morgan fingerprint density at radius 2 is 2.00 bits per heavy atom. The summed E-state index contributed by atoms with van der Waals surface area (Å²) in [7, 11) is 0. The summed E-state index contributed by atoms with van der Waals surface area (Å²) in [6.45, 7) is 5.97. The van der Waals surface area contributed by atoms with E-state index in [-0.39, 0.29) is 18.4 Å². The number of amides is 1. The molecule has 4 heteroatoms. The van der Waals surface area contributed by atoms with E-state index in [1.807, 2.05) is 4.90 Å². The fourth-order valence-electron chi connectivity index (χ4n) is 3.42. The zero-order chi connectivity index (χ0) is 12.3. The van der Waals surface area contributed by atoms with Crippen molar-refractivity contribution in [2.24, 2.45) is 5.92 Å². The van der Waals surface area contributed by atoms with E-state index in [2.05, 4.69) is 19.2 Å². The minimum absolute atomic E-state index is 0. The first-order valence-corrected chi connectivity index (χ1v) is 7.31. The van der Waals surface area contributed by atoms with Crippen molar-refractivity contribution in [2.75, 3.05) is 13.1 Å². The van der Waals surface area contributed by atoms with Gasteiger partial charge in [0, 0.05) is 19.1 Å². The normalized spacial score (nSPS) is 30.4. The minimum Gasteiger partial charge on any atom is -0.342 e. The van der Waals surface area contributed by atoms with Crippen LogP contribution in [0.1, 0.15) is 52.4 Å². The highest BCUT2D eigenvalue weighted by molar-refractivity contribution is 5.85. The van der Waals surface area contributed by atoms with Gasteiger partial charge in [-0.2, -0.15) is 0 Å². The molecule has 3 atom stereocenters. The van der Waals surface area contributed by atoms with Gasteiger partial charge in [-0.1, -0.05) is 19.8 Å². The van der Waals surface area contributed by atoms with Crippen LogP contribution in [0.4, 0.5) is 0 Å². The number of likely N-dealkylation sites (N-methyl/N-ethyl adjacent to an activating group) is 1. The van der Waals surface area contributed by atoms with Crippen molar-refractivity contribution in [3.05, 3.63) is 0 Å². The highest BCUT2D eigenvalue weighted by Crippen LogP contribution is 2.33. The van der Waals surface area contributed by atoms with E-state index in [0.717, 1.165) is 31.8 Å². The SMILES string of the molecule is CCCN(CC)C(=O)C1CC2CCCCC2N1.Cl. The van der Waals surface area contributed by atoms with Crippen LogP contribution in [-0.2, 0) is 4.79 Å². The Balaban J connectivity index is 0.00000162. The molecule has 1 aliphatic carbocycles. The number of nitrogens with one attached hydrogen (secondary N) is 1. The number of rotatable bonds is 4. The lowest BCUT2D eigenvalue weighted by atomic mass is 9.85. The highest BCUT2D eigenvalue weighted by atomic mass is 35.5. The van der Waals surface area contributed by atoms with Gasteiger partial charge in [0.1, 0.15) is 0 Å². The van der Waals surface area contributed by atoms with Gasteiger partial charge in [-0.3, -0.25) is 4.79 Å². The van der Waals surface area contributed by atoms with Gasteiger partial charge in [-0.05, 0) is 38.5 Å². The van der Waals surface area contributed by atoms with Crippen LogP contribution in [0.25, 0.3) is 0 Å². The van der Waals surface area contributed by atoms with E-state index in [4.69, 9.17) is 0 Å². The number of fused-ring (bicyclic) bond motifs is 1. The lowest BCUT2D eigenvalue weighted by molar-refractivity contribution is -0.133. The third-order valence-electron chi connectivity index (χ3n) is 4.35. The molecule has 0 aromatic rings. The molecule has 1 amide bonds. The third kappa shape index (κ3) is 3.39. The zero-order valence-electron chi connectivity index (χ0n) is 11.7. The second-order valence-electron chi connectivity index (χ2n) is 5.52. The number of carbonyl (C=O) groups is 1. The molecular weight excluding hydrogens is 248 g/mol. The number of halogens is 1. The first kappa shape index (κ1) is 15.8. The first-order chi connectivity index (χ1) is 8.26. The molecule has 2 rings (SSSR count). The van der Waals surface area contributed by atoms with Crippen LogP contribution in [0.5, 0.6) is 0 Å². The van der Waals surface area contributed by atoms with Crippen molar-refractivity contribution >= 4 is 18.3 Å². The molecule has 2 fully saturated rings. The third-order valence-corrected chi connectivity index (χ3v) is 4.35. The number of nitrogens with zero attached hydrogens (tertiary/aromatic N) is 1. The Morgan fingerprint density at radius 3 is 2.61 bits per heavy atom. The summed E-state index contributed by atoms with van der Waals surface area (Å²) >= 11 is 0. The van der Waals surface area contributed by atoms with Crippen LogP contribution in [0.3, 0.4) is 0 Å². The van der Waals surface area contributed by atoms with Crippen molar-refractivity contribution in [1.82, 2.24) is 10.2 Å². The van der Waals surface area contributed by atoms with Gasteiger partial charge in [-0.25, -0.2) is 0 Å². The lowest BCUT2D eigenvalue weighted by Gasteiger charge is -2.25. The maximum Gasteiger partial charge on any atom is 0.239 e. The summed E-state index contributed by atoms with van der Waals surface area (Å²) < 4.78 is 0. The molecule has 0 bridgehead atoms. The summed E-state index contributed by atoms with van der Waals surface area (Å²) in [6, 6.07) is 0.729. The van der Waals surface area contributed by atoms with E-state index in [1.165, 1.54) is 25.7 Å². The zero-order valence-corrected chi connectivity index (χ0v) is 12.5. The Hall–Kier alpha value is -0.280. The summed E-state index contributed by atoms with van der Waals surface area (Å²) in [6.07, 6.45) is 7.41. The van der Waals surface area contributed by atoms with Crippen molar-refractivity contribution in [1.29, 1.82) is 0 Å². The molecule has 106 valence electrons. The van der Waals surface area contributed by atoms with Gasteiger partial charge in [0.05, 0.1) is 6.04 Å². The summed E-state index contributed by atoms with van der Waals surface area (Å²) in [5.41, 5.74) is 0. The second-order valence-corrected chi connectivity index (χ2v) is 5.52. The van der Waals surface area contributed by atoms with Gasteiger partial charge in [0.2, 0.25) is 5.91 Å². The van der Waals surface area contributed by atoms with Crippen molar-refractivity contribution < 1.29 is 4.79 Å². The molecule has 1 N–H and O–H groups in total. The Bertz CT molecular complexity index is 259. The van der Waals surface area contributed by atoms with Gasteiger partial charge in [0.15, 0.2) is 0 Å². The van der Waals surface area contributed by atoms with Crippen LogP contribution < -0.4 is 5.32 Å². The van der Waals surface area contributed by atoms with Crippen LogP contribution in [0.15, 0.2) is 0 Å². The van der Waals surface area contributed by atoms with Gasteiger partial charge < -0.3 is 10.2 Å². The van der Waals surface area contributed by atoms with Crippen LogP contribution in [0.2, 0.25) is 0 Å². The molecule has 1 aliphatic heterocycles. The van der Waals surface area contributed by atoms with Gasteiger partial charge in [-0.15, -0.1) is 12.4 Å². The molecule has 1 saturated carbocycles. The van der Waals surface area contributed by atoms with Crippen LogP contribution >= 0.6 is 12.4 Å². The molecule has 2 aliphatic rings. The number of carbonyl (C=O) groups excluding carboxylic acids is 1. The predicted molar refractivity (Wildman–Crippen MR) is 77.1 cm³/mol. The van der Waals surface area contributed by atoms with Gasteiger partial charge >= 0.3 is 0 Å². The maximum absolute atomic E-state index is 12.4. The van der Waals surface area contributed by atoms with Crippen molar-refractivity contribution in [2.45, 2.75) is 64.5 Å². The predicted octanol–water partition coefficient (Wildman–Crippen LogP) is 2.59. The topological polar surface area (TPSA) is 32.3 Å². The molecule has 0 radical (unpaired) electrons. The largest absolute Gasteiger partial charge is 0.342 e. The van der Waals surface area contributed by atoms with Gasteiger partial charge in [0.25, 0.3) is 0 Å². The summed E-state index contributed by atoms with van der Waals surface area (Å²) in [5, 5.41) is 3.57. The molecule has 3 nitrogen and oxygen atoms in total. The van der Waals surface area contributed by atoms with Crippen LogP contribution in [-0.4, -0.2) is 36.0 Å². The van der Waals surface area contributed by atoms with E-state index in [9.17, 15) is 4.79 Å². The summed E-state index contributed by atoms with van der Waals surface area (Å²) in [4.78, 5) is 14.4. The molecular formula is C14H27ClN2O. The molecule has 18 heavy (non-hydrogen) atoms. The monoisotopic (exact) mass is 274 g/mol. The van der Waals surface area contributed by atoms with Crippen molar-refractivity contribution in [3.63, 3.8) is 0 Å². The molecule has 0 aromatic carbocycles. The van der Waals surface area contributed by atoms with E-state index in [1.54, 1.807) is 0 Å². The highest BCUT2D eigenvalue weighted by Gasteiger charge is 2.39. The smallest absolute Gasteiger partial charge is 0.239 e. The Kier molecular flexibility index (Phi) is 6.44. The van der Waals surface area contributed by atoms with Crippen LogP contribution in [0, 0.1) is 5.92 Å². The van der Waals surface area contributed by atoms with E-state index in [0.29, 0.717) is 11.9 Å². The molecule has 3 unspecified atom stereocenters. The molecule has 1 saturated heterocycles. The standard InChI is InChI=1S/C14H26N2O.ClH/c1-3-9-16(4-2)14(17)13-10-11-7-5-6-8-12(11)15-13;/h11-13,15H,3-10H2,1-2H3;1H. The molecule has 0 spiro atoms.